The van der Waals surface area contributed by atoms with Crippen molar-refractivity contribution in [3.63, 3.8) is 0 Å². The fraction of sp³-hybridized carbons (Fsp3) is 0.263. The Labute approximate surface area is 164 Å². The van der Waals surface area contributed by atoms with Crippen LogP contribution < -0.4 is 10.9 Å². The number of aromatic nitrogens is 2. The second kappa shape index (κ2) is 8.75. The van der Waals surface area contributed by atoms with E-state index in [4.69, 9.17) is 4.52 Å². The molecule has 2 heterocycles. The maximum atomic E-state index is 13.0. The number of benzene rings is 1. The Kier molecular flexibility index (Phi) is 6.15. The lowest BCUT2D eigenvalue weighted by Gasteiger charge is -2.05. The van der Waals surface area contributed by atoms with Gasteiger partial charge in [0.2, 0.25) is 17.6 Å². The molecule has 2 aromatic heterocycles. The Balaban J connectivity index is 1.48. The monoisotopic (exact) mass is 402 g/mol. The Bertz CT molecular complexity index is 981. The van der Waals surface area contributed by atoms with Crippen LogP contribution in [-0.4, -0.2) is 22.0 Å². The van der Waals surface area contributed by atoms with Gasteiger partial charge in [-0.05, 0) is 49.2 Å². The topological polar surface area (TPSA) is 97.1 Å². The zero-order chi connectivity index (χ0) is 20.1. The van der Waals surface area contributed by atoms with Gasteiger partial charge in [0.05, 0.1) is 4.88 Å². The number of carbonyl (C=O) groups is 2. The van der Waals surface area contributed by atoms with Crippen LogP contribution in [0.3, 0.4) is 0 Å². The summed E-state index contributed by atoms with van der Waals surface area (Å²) in [6, 6.07) is 7.51. The predicted molar refractivity (Wildman–Crippen MR) is 102 cm³/mol. The maximum absolute atomic E-state index is 13.0. The number of hydrazine groups is 1. The van der Waals surface area contributed by atoms with Gasteiger partial charge in [-0.25, -0.2) is 4.39 Å². The van der Waals surface area contributed by atoms with Crippen molar-refractivity contribution < 1.29 is 18.5 Å². The van der Waals surface area contributed by atoms with E-state index in [0.717, 1.165) is 16.9 Å². The highest BCUT2D eigenvalue weighted by Crippen LogP contribution is 2.22. The molecular weight excluding hydrogens is 383 g/mol. The highest BCUT2D eigenvalue weighted by molar-refractivity contribution is 7.14. The third-order valence-corrected chi connectivity index (χ3v) is 5.40. The first-order valence-corrected chi connectivity index (χ1v) is 9.55. The number of aryl methyl sites for hydroxylation is 3. The molecule has 146 valence electrons. The van der Waals surface area contributed by atoms with Crippen molar-refractivity contribution in [2.24, 2.45) is 0 Å². The van der Waals surface area contributed by atoms with Crippen LogP contribution in [0.25, 0.3) is 11.4 Å². The van der Waals surface area contributed by atoms with Gasteiger partial charge in [0.25, 0.3) is 5.91 Å². The van der Waals surface area contributed by atoms with E-state index in [1.807, 2.05) is 13.8 Å². The molecule has 0 radical (unpaired) electrons. The lowest BCUT2D eigenvalue weighted by molar-refractivity contribution is -0.121. The first-order chi connectivity index (χ1) is 13.5. The summed E-state index contributed by atoms with van der Waals surface area (Å²) in [5, 5.41) is 3.82. The zero-order valence-corrected chi connectivity index (χ0v) is 16.2. The SMILES string of the molecule is CCc1sc(C(=O)NNC(=O)CCc2nc(-c3ccc(F)cc3)no2)cc1C. The van der Waals surface area contributed by atoms with Crippen LogP contribution >= 0.6 is 11.3 Å². The normalized spacial score (nSPS) is 10.7. The molecule has 0 aliphatic rings. The van der Waals surface area contributed by atoms with Crippen molar-refractivity contribution in [1.82, 2.24) is 21.0 Å². The van der Waals surface area contributed by atoms with Crippen molar-refractivity contribution in [1.29, 1.82) is 0 Å². The Hall–Kier alpha value is -3.07. The van der Waals surface area contributed by atoms with Crippen LogP contribution in [0.1, 0.15) is 39.3 Å². The van der Waals surface area contributed by atoms with Gasteiger partial charge < -0.3 is 4.52 Å². The maximum Gasteiger partial charge on any atom is 0.279 e. The fourth-order valence-corrected chi connectivity index (χ4v) is 3.54. The average molecular weight is 402 g/mol. The molecule has 0 fully saturated rings. The van der Waals surface area contributed by atoms with E-state index in [0.29, 0.717) is 16.3 Å². The summed E-state index contributed by atoms with van der Waals surface area (Å²) in [6.07, 6.45) is 1.14. The third kappa shape index (κ3) is 4.80. The van der Waals surface area contributed by atoms with Crippen LogP contribution in [0.4, 0.5) is 4.39 Å². The van der Waals surface area contributed by atoms with E-state index < -0.39 is 0 Å². The second-order valence-corrected chi connectivity index (χ2v) is 7.23. The summed E-state index contributed by atoms with van der Waals surface area (Å²) < 4.78 is 18.1. The Morgan fingerprint density at radius 1 is 1.21 bits per heavy atom. The molecule has 3 rings (SSSR count). The molecular formula is C19H19FN4O3S. The van der Waals surface area contributed by atoms with E-state index in [1.54, 1.807) is 18.2 Å². The van der Waals surface area contributed by atoms with Crippen LogP contribution in [0.15, 0.2) is 34.9 Å². The van der Waals surface area contributed by atoms with Gasteiger partial charge in [-0.2, -0.15) is 4.98 Å². The van der Waals surface area contributed by atoms with E-state index in [1.165, 1.54) is 23.5 Å². The van der Waals surface area contributed by atoms with E-state index in [2.05, 4.69) is 21.0 Å². The van der Waals surface area contributed by atoms with Gasteiger partial charge in [0, 0.05) is 23.3 Å². The predicted octanol–water partition coefficient (Wildman–Crippen LogP) is 3.20. The van der Waals surface area contributed by atoms with Gasteiger partial charge >= 0.3 is 0 Å². The smallest absolute Gasteiger partial charge is 0.279 e. The van der Waals surface area contributed by atoms with Gasteiger partial charge in [0.15, 0.2) is 0 Å². The van der Waals surface area contributed by atoms with Crippen molar-refractivity contribution in [3.05, 3.63) is 57.4 Å². The molecule has 0 saturated carbocycles. The molecule has 1 aromatic carbocycles. The quantitative estimate of drug-likeness (QED) is 0.617. The van der Waals surface area contributed by atoms with E-state index >= 15 is 0 Å². The zero-order valence-electron chi connectivity index (χ0n) is 15.4. The van der Waals surface area contributed by atoms with E-state index in [-0.39, 0.29) is 36.4 Å². The molecule has 3 aromatic rings. The van der Waals surface area contributed by atoms with Crippen LogP contribution in [0.2, 0.25) is 0 Å². The molecule has 2 amide bonds. The fourth-order valence-electron chi connectivity index (χ4n) is 2.53. The third-order valence-electron chi connectivity index (χ3n) is 4.02. The summed E-state index contributed by atoms with van der Waals surface area (Å²) in [5.74, 6) is -0.475. The van der Waals surface area contributed by atoms with Crippen LogP contribution in [0, 0.1) is 12.7 Å². The first kappa shape index (κ1) is 19.7. The van der Waals surface area contributed by atoms with Crippen LogP contribution in [0.5, 0.6) is 0 Å². The number of amides is 2. The molecule has 0 spiro atoms. The Morgan fingerprint density at radius 3 is 2.64 bits per heavy atom. The number of nitrogens with zero attached hydrogens (tertiary/aromatic N) is 2. The number of carbonyl (C=O) groups excluding carboxylic acids is 2. The summed E-state index contributed by atoms with van der Waals surface area (Å²) in [7, 11) is 0. The molecule has 0 bridgehead atoms. The summed E-state index contributed by atoms with van der Waals surface area (Å²) in [5.41, 5.74) is 6.47. The molecule has 7 nitrogen and oxygen atoms in total. The molecule has 2 N–H and O–H groups in total. The molecule has 9 heteroatoms. The van der Waals surface area contributed by atoms with Gasteiger partial charge in [0.1, 0.15) is 5.82 Å². The van der Waals surface area contributed by atoms with Crippen molar-refractivity contribution >= 4 is 23.2 Å². The summed E-state index contributed by atoms with van der Waals surface area (Å²) in [6.45, 7) is 3.98. The summed E-state index contributed by atoms with van der Waals surface area (Å²) >= 11 is 1.41. The molecule has 0 unspecified atom stereocenters. The van der Waals surface area contributed by atoms with E-state index in [9.17, 15) is 14.0 Å². The molecule has 28 heavy (non-hydrogen) atoms. The number of hydrogen-bond acceptors (Lipinski definition) is 6. The van der Waals surface area contributed by atoms with Crippen molar-refractivity contribution in [3.8, 4) is 11.4 Å². The standard InChI is InChI=1S/C19H19FN4O3S/c1-3-14-11(2)10-15(28-14)19(26)23-22-16(25)8-9-17-21-18(24-27-17)12-4-6-13(20)7-5-12/h4-7,10H,3,8-9H2,1-2H3,(H,22,25)(H,23,26). The number of rotatable bonds is 6. The van der Waals surface area contributed by atoms with Gasteiger partial charge in [-0.3, -0.25) is 20.4 Å². The second-order valence-electron chi connectivity index (χ2n) is 6.09. The van der Waals surface area contributed by atoms with Crippen molar-refractivity contribution in [2.45, 2.75) is 33.1 Å². The minimum atomic E-state index is -0.376. The highest BCUT2D eigenvalue weighted by atomic mass is 32.1. The lowest BCUT2D eigenvalue weighted by atomic mass is 10.2. The van der Waals surface area contributed by atoms with Gasteiger partial charge in [-0.1, -0.05) is 12.1 Å². The number of halogens is 1. The minimum absolute atomic E-state index is 0.0645. The Morgan fingerprint density at radius 2 is 1.96 bits per heavy atom. The minimum Gasteiger partial charge on any atom is -0.339 e. The van der Waals surface area contributed by atoms with Crippen LogP contribution in [-0.2, 0) is 17.6 Å². The molecule has 0 atom stereocenters. The average Bonchev–Trinajstić information content (AvgIpc) is 3.31. The summed E-state index contributed by atoms with van der Waals surface area (Å²) in [4.78, 5) is 29.9. The number of hydrogen-bond donors (Lipinski definition) is 2. The molecule has 0 aliphatic carbocycles. The first-order valence-electron chi connectivity index (χ1n) is 8.73. The largest absolute Gasteiger partial charge is 0.339 e. The van der Waals surface area contributed by atoms with Crippen molar-refractivity contribution in [2.75, 3.05) is 0 Å². The number of nitrogens with one attached hydrogen (secondary N) is 2. The lowest BCUT2D eigenvalue weighted by Crippen LogP contribution is -2.41. The molecule has 0 saturated heterocycles. The highest BCUT2D eigenvalue weighted by Gasteiger charge is 2.14. The molecule has 0 aliphatic heterocycles. The number of thiophene rings is 1. The van der Waals surface area contributed by atoms with Gasteiger partial charge in [-0.15, -0.1) is 11.3 Å².